The average Bonchev–Trinajstić information content (AvgIpc) is 3.10. The van der Waals surface area contributed by atoms with E-state index in [9.17, 15) is 18.0 Å². The summed E-state index contributed by atoms with van der Waals surface area (Å²) >= 11 is 0. The number of nitrogens with one attached hydrogen (secondary N) is 2. The first-order valence-electron chi connectivity index (χ1n) is 11.1. The fraction of sp³-hybridized carbons (Fsp3) is 0.417. The van der Waals surface area contributed by atoms with E-state index in [1.807, 2.05) is 0 Å². The lowest BCUT2D eigenvalue weighted by molar-refractivity contribution is 0.0938. The van der Waals surface area contributed by atoms with Crippen molar-refractivity contribution in [3.63, 3.8) is 0 Å². The third-order valence-electron chi connectivity index (χ3n) is 5.64. The summed E-state index contributed by atoms with van der Waals surface area (Å²) in [4.78, 5) is 25.6. The molecular formula is C24H31N3O5S. The maximum atomic E-state index is 13.3. The highest BCUT2D eigenvalue weighted by Crippen LogP contribution is 2.25. The second-order valence-electron chi connectivity index (χ2n) is 8.05. The van der Waals surface area contributed by atoms with Gasteiger partial charge in [-0.3, -0.25) is 9.59 Å². The number of hydrogen-bond acceptors (Lipinski definition) is 5. The molecular weight excluding hydrogens is 442 g/mol. The normalized spacial score (nSPS) is 15.0. The highest BCUT2D eigenvalue weighted by atomic mass is 32.2. The summed E-state index contributed by atoms with van der Waals surface area (Å²) in [5.74, 6) is -0.823. The number of rotatable bonds is 8. The Morgan fingerprint density at radius 3 is 2.39 bits per heavy atom. The molecule has 2 aromatic rings. The van der Waals surface area contributed by atoms with Crippen molar-refractivity contribution in [1.29, 1.82) is 0 Å². The molecule has 1 fully saturated rings. The molecule has 0 spiro atoms. The highest BCUT2D eigenvalue weighted by molar-refractivity contribution is 7.89. The second-order valence-corrected chi connectivity index (χ2v) is 9.95. The van der Waals surface area contributed by atoms with Crippen LogP contribution in [0.1, 0.15) is 52.0 Å². The van der Waals surface area contributed by atoms with Gasteiger partial charge in [0.1, 0.15) is 0 Å². The van der Waals surface area contributed by atoms with Crippen molar-refractivity contribution in [2.75, 3.05) is 38.7 Å². The lowest BCUT2D eigenvalue weighted by Crippen LogP contribution is -2.32. The molecule has 33 heavy (non-hydrogen) atoms. The topological polar surface area (TPSA) is 105 Å². The van der Waals surface area contributed by atoms with Gasteiger partial charge >= 0.3 is 0 Å². The number of anilines is 1. The Morgan fingerprint density at radius 2 is 1.70 bits per heavy atom. The van der Waals surface area contributed by atoms with Crippen LogP contribution < -0.4 is 10.6 Å². The largest absolute Gasteiger partial charge is 0.383 e. The molecule has 0 unspecified atom stereocenters. The van der Waals surface area contributed by atoms with Crippen molar-refractivity contribution < 1.29 is 22.7 Å². The fourth-order valence-electron chi connectivity index (χ4n) is 3.79. The number of methoxy groups -OCH3 is 1. The first kappa shape index (κ1) is 24.9. The maximum Gasteiger partial charge on any atom is 0.255 e. The van der Waals surface area contributed by atoms with Gasteiger partial charge in [-0.2, -0.15) is 4.31 Å². The average molecular weight is 474 g/mol. The van der Waals surface area contributed by atoms with Gasteiger partial charge in [0.25, 0.3) is 11.8 Å². The lowest BCUT2D eigenvalue weighted by atomic mass is 10.1. The van der Waals surface area contributed by atoms with E-state index in [4.69, 9.17) is 4.74 Å². The molecule has 1 aliphatic rings. The minimum Gasteiger partial charge on any atom is -0.383 e. The summed E-state index contributed by atoms with van der Waals surface area (Å²) in [5.41, 5.74) is 1.46. The molecule has 0 bridgehead atoms. The third kappa shape index (κ3) is 6.19. The molecule has 3 rings (SSSR count). The summed E-state index contributed by atoms with van der Waals surface area (Å²) in [6.07, 6.45) is 3.71. The molecule has 9 heteroatoms. The number of carbonyl (C=O) groups is 2. The molecule has 1 aliphatic heterocycles. The molecule has 0 aromatic heterocycles. The Hall–Kier alpha value is -2.75. The molecule has 2 N–H and O–H groups in total. The minimum atomic E-state index is -3.70. The molecule has 178 valence electrons. The Balaban J connectivity index is 1.83. The minimum absolute atomic E-state index is 0.141. The lowest BCUT2D eigenvalue weighted by Gasteiger charge is -2.21. The first-order valence-corrected chi connectivity index (χ1v) is 12.6. The van der Waals surface area contributed by atoms with Crippen molar-refractivity contribution in [2.24, 2.45) is 0 Å². The van der Waals surface area contributed by atoms with Crippen LogP contribution in [0.25, 0.3) is 0 Å². The molecule has 0 saturated carbocycles. The van der Waals surface area contributed by atoms with Gasteiger partial charge in [0.15, 0.2) is 0 Å². The Kier molecular flexibility index (Phi) is 8.60. The number of hydrogen-bond donors (Lipinski definition) is 2. The van der Waals surface area contributed by atoms with Gasteiger partial charge in [-0.05, 0) is 49.6 Å². The zero-order valence-electron chi connectivity index (χ0n) is 19.1. The fourth-order valence-corrected chi connectivity index (χ4v) is 5.55. The SMILES string of the molecule is COCCNC(=O)c1ccccc1NC(=O)c1ccc(C)c(S(=O)(=O)N2CCCCCC2)c1. The summed E-state index contributed by atoms with van der Waals surface area (Å²) in [6.45, 7) is 3.42. The van der Waals surface area contributed by atoms with Crippen LogP contribution in [0.2, 0.25) is 0 Å². The van der Waals surface area contributed by atoms with Crippen LogP contribution in [0.3, 0.4) is 0 Å². The van der Waals surface area contributed by atoms with E-state index in [0.717, 1.165) is 25.7 Å². The summed E-state index contributed by atoms with van der Waals surface area (Å²) in [7, 11) is -2.16. The Morgan fingerprint density at radius 1 is 1.00 bits per heavy atom. The van der Waals surface area contributed by atoms with E-state index < -0.39 is 15.9 Å². The number of amides is 2. The van der Waals surface area contributed by atoms with Crippen LogP contribution in [0.4, 0.5) is 5.69 Å². The number of ether oxygens (including phenoxy) is 1. The van der Waals surface area contributed by atoms with Gasteiger partial charge in [-0.15, -0.1) is 0 Å². The van der Waals surface area contributed by atoms with Crippen LogP contribution in [0.15, 0.2) is 47.4 Å². The summed E-state index contributed by atoms with van der Waals surface area (Å²) < 4.78 is 33.0. The third-order valence-corrected chi connectivity index (χ3v) is 7.69. The predicted octanol–water partition coefficient (Wildman–Crippen LogP) is 3.19. The molecule has 8 nitrogen and oxygen atoms in total. The number of carbonyl (C=O) groups excluding carboxylic acids is 2. The molecule has 2 aromatic carbocycles. The molecule has 0 atom stereocenters. The van der Waals surface area contributed by atoms with Crippen LogP contribution >= 0.6 is 0 Å². The van der Waals surface area contributed by atoms with Gasteiger partial charge in [0.2, 0.25) is 10.0 Å². The van der Waals surface area contributed by atoms with Crippen LogP contribution in [0, 0.1) is 6.92 Å². The van der Waals surface area contributed by atoms with Crippen molar-refractivity contribution >= 4 is 27.5 Å². The maximum absolute atomic E-state index is 13.3. The molecule has 0 aliphatic carbocycles. The summed E-state index contributed by atoms with van der Waals surface area (Å²) in [5, 5.41) is 5.48. The Bertz CT molecular complexity index is 1090. The van der Waals surface area contributed by atoms with Gasteiger partial charge in [0, 0.05) is 32.3 Å². The van der Waals surface area contributed by atoms with E-state index in [-0.39, 0.29) is 16.4 Å². The number of para-hydroxylation sites is 1. The van der Waals surface area contributed by atoms with Gasteiger partial charge in [-0.1, -0.05) is 31.0 Å². The van der Waals surface area contributed by atoms with E-state index in [1.54, 1.807) is 50.4 Å². The molecule has 0 radical (unpaired) electrons. The standard InChI is InChI=1S/C24H31N3O5S/c1-18-11-12-19(17-22(18)33(30,31)27-14-7-3-4-8-15-27)23(28)26-21-10-6-5-9-20(21)24(29)25-13-16-32-2/h5-6,9-12,17H,3-4,7-8,13-16H2,1-2H3,(H,25,29)(H,26,28). The zero-order valence-corrected chi connectivity index (χ0v) is 19.9. The zero-order chi connectivity index (χ0) is 23.8. The second kappa shape index (κ2) is 11.4. The number of sulfonamides is 1. The number of benzene rings is 2. The number of aryl methyl sites for hydroxylation is 1. The van der Waals surface area contributed by atoms with E-state index in [0.29, 0.717) is 43.1 Å². The van der Waals surface area contributed by atoms with Crippen molar-refractivity contribution in [3.8, 4) is 0 Å². The monoisotopic (exact) mass is 473 g/mol. The van der Waals surface area contributed by atoms with Gasteiger partial charge in [-0.25, -0.2) is 8.42 Å². The van der Waals surface area contributed by atoms with E-state index >= 15 is 0 Å². The quantitative estimate of drug-likeness (QED) is 0.573. The predicted molar refractivity (Wildman–Crippen MR) is 127 cm³/mol. The Labute approximate surface area is 195 Å². The van der Waals surface area contributed by atoms with Crippen molar-refractivity contribution in [1.82, 2.24) is 9.62 Å². The van der Waals surface area contributed by atoms with Crippen LogP contribution in [-0.4, -0.2) is 57.9 Å². The van der Waals surface area contributed by atoms with Crippen LogP contribution in [-0.2, 0) is 14.8 Å². The van der Waals surface area contributed by atoms with Crippen LogP contribution in [0.5, 0.6) is 0 Å². The van der Waals surface area contributed by atoms with E-state index in [1.165, 1.54) is 10.4 Å². The van der Waals surface area contributed by atoms with Crippen molar-refractivity contribution in [2.45, 2.75) is 37.5 Å². The molecule has 1 saturated heterocycles. The summed E-state index contributed by atoms with van der Waals surface area (Å²) in [6, 6.07) is 11.3. The van der Waals surface area contributed by atoms with Gasteiger partial charge in [0.05, 0.1) is 22.8 Å². The van der Waals surface area contributed by atoms with E-state index in [2.05, 4.69) is 10.6 Å². The first-order chi connectivity index (χ1) is 15.8. The number of nitrogens with zero attached hydrogens (tertiary/aromatic N) is 1. The van der Waals surface area contributed by atoms with Gasteiger partial charge < -0.3 is 15.4 Å². The smallest absolute Gasteiger partial charge is 0.255 e. The molecule has 2 amide bonds. The molecule has 1 heterocycles. The highest BCUT2D eigenvalue weighted by Gasteiger charge is 2.27. The van der Waals surface area contributed by atoms with Crippen molar-refractivity contribution in [3.05, 3.63) is 59.2 Å².